The summed E-state index contributed by atoms with van der Waals surface area (Å²) >= 11 is 9.42. The van der Waals surface area contributed by atoms with Gasteiger partial charge in [-0.25, -0.2) is 4.68 Å². The highest BCUT2D eigenvalue weighted by molar-refractivity contribution is 9.10. The van der Waals surface area contributed by atoms with E-state index in [1.165, 1.54) is 0 Å². The average molecular weight is 302 g/mol. The zero-order chi connectivity index (χ0) is 11.5. The molecule has 1 aromatic heterocycles. The molecule has 0 amide bonds. The van der Waals surface area contributed by atoms with Crippen molar-refractivity contribution >= 4 is 27.5 Å². The van der Waals surface area contributed by atoms with E-state index >= 15 is 0 Å². The zero-order valence-corrected chi connectivity index (χ0v) is 10.7. The van der Waals surface area contributed by atoms with Crippen LogP contribution in [0.4, 0.5) is 0 Å². The molecule has 1 N–H and O–H groups in total. The molecule has 0 fully saturated rings. The number of hydrogen-bond donors (Lipinski definition) is 1. The summed E-state index contributed by atoms with van der Waals surface area (Å²) in [6.45, 7) is 0.519. The maximum atomic E-state index is 8.99. The van der Waals surface area contributed by atoms with Crippen LogP contribution in [0.5, 0.6) is 0 Å². The van der Waals surface area contributed by atoms with E-state index in [0.717, 1.165) is 10.0 Å². The van der Waals surface area contributed by atoms with Crippen molar-refractivity contribution in [3.8, 4) is 0 Å². The minimum absolute atomic E-state index is 0.0842. The van der Waals surface area contributed by atoms with E-state index in [1.54, 1.807) is 10.9 Å². The van der Waals surface area contributed by atoms with Gasteiger partial charge in [0.05, 0.1) is 19.3 Å². The molecule has 2 rings (SSSR count). The molecular weight excluding hydrogens is 291 g/mol. The Bertz CT molecular complexity index is 481. The maximum Gasteiger partial charge on any atom is 0.132 e. The fourth-order valence-corrected chi connectivity index (χ4v) is 1.86. The summed E-state index contributed by atoms with van der Waals surface area (Å²) in [6, 6.07) is 7.95. The molecule has 0 radical (unpaired) electrons. The van der Waals surface area contributed by atoms with Gasteiger partial charge in [0, 0.05) is 10.0 Å². The van der Waals surface area contributed by atoms with Crippen LogP contribution in [0, 0.1) is 0 Å². The standard InChI is InChI=1S/C11H10BrClN2O/c12-10-3-1-8(2-4-10)6-15-11(13)9(7-16)5-14-15/h1-5,16H,6-7H2. The van der Waals surface area contributed by atoms with Crippen LogP contribution < -0.4 is 0 Å². The van der Waals surface area contributed by atoms with Crippen molar-refractivity contribution < 1.29 is 5.11 Å². The first-order chi connectivity index (χ1) is 7.70. The molecule has 0 spiro atoms. The van der Waals surface area contributed by atoms with Gasteiger partial charge in [-0.15, -0.1) is 0 Å². The third-order valence-corrected chi connectivity index (χ3v) is 3.23. The van der Waals surface area contributed by atoms with Gasteiger partial charge in [-0.05, 0) is 17.7 Å². The van der Waals surface area contributed by atoms with Gasteiger partial charge in [0.1, 0.15) is 5.15 Å². The molecule has 1 aromatic carbocycles. The Hall–Kier alpha value is -0.840. The Morgan fingerprint density at radius 1 is 1.31 bits per heavy atom. The van der Waals surface area contributed by atoms with Crippen molar-refractivity contribution in [2.24, 2.45) is 0 Å². The lowest BCUT2D eigenvalue weighted by molar-refractivity contribution is 0.282. The van der Waals surface area contributed by atoms with Crippen LogP contribution in [0.2, 0.25) is 5.15 Å². The van der Waals surface area contributed by atoms with Gasteiger partial charge in [-0.2, -0.15) is 5.10 Å². The number of aromatic nitrogens is 2. The largest absolute Gasteiger partial charge is 0.392 e. The molecular formula is C11H10BrClN2O. The fraction of sp³-hybridized carbons (Fsp3) is 0.182. The number of aliphatic hydroxyl groups excluding tert-OH is 1. The van der Waals surface area contributed by atoms with E-state index < -0.39 is 0 Å². The van der Waals surface area contributed by atoms with Gasteiger partial charge in [-0.1, -0.05) is 39.7 Å². The van der Waals surface area contributed by atoms with Gasteiger partial charge < -0.3 is 5.11 Å². The average Bonchev–Trinajstić information content (AvgIpc) is 2.63. The second-order valence-electron chi connectivity index (χ2n) is 3.40. The van der Waals surface area contributed by atoms with Gasteiger partial charge in [0.25, 0.3) is 0 Å². The molecule has 1 heterocycles. The lowest BCUT2D eigenvalue weighted by atomic mass is 10.2. The minimum Gasteiger partial charge on any atom is -0.392 e. The van der Waals surface area contributed by atoms with E-state index in [0.29, 0.717) is 17.3 Å². The minimum atomic E-state index is -0.0842. The molecule has 84 valence electrons. The Morgan fingerprint density at radius 2 is 2.00 bits per heavy atom. The first kappa shape index (κ1) is 11.6. The molecule has 0 aliphatic heterocycles. The third kappa shape index (κ3) is 2.45. The van der Waals surface area contributed by atoms with Crippen LogP contribution in [0.1, 0.15) is 11.1 Å². The van der Waals surface area contributed by atoms with Crippen molar-refractivity contribution in [2.75, 3.05) is 0 Å². The first-order valence-electron chi connectivity index (χ1n) is 4.76. The van der Waals surface area contributed by atoms with Crippen molar-refractivity contribution in [3.63, 3.8) is 0 Å². The summed E-state index contributed by atoms with van der Waals surface area (Å²) < 4.78 is 2.70. The molecule has 0 saturated carbocycles. The lowest BCUT2D eigenvalue weighted by Crippen LogP contribution is -2.01. The molecule has 0 unspecified atom stereocenters. The Labute approximate surface area is 107 Å². The molecule has 0 bridgehead atoms. The van der Waals surface area contributed by atoms with Gasteiger partial charge in [0.15, 0.2) is 0 Å². The van der Waals surface area contributed by atoms with Crippen LogP contribution in [0.15, 0.2) is 34.9 Å². The van der Waals surface area contributed by atoms with Crippen LogP contribution in [0.25, 0.3) is 0 Å². The number of hydrogen-bond acceptors (Lipinski definition) is 2. The molecule has 0 aliphatic carbocycles. The third-order valence-electron chi connectivity index (χ3n) is 2.26. The van der Waals surface area contributed by atoms with Crippen LogP contribution in [0.3, 0.4) is 0 Å². The molecule has 2 aromatic rings. The van der Waals surface area contributed by atoms with Crippen molar-refractivity contribution in [2.45, 2.75) is 13.2 Å². The number of benzene rings is 1. The summed E-state index contributed by atoms with van der Waals surface area (Å²) in [6.07, 6.45) is 1.58. The topological polar surface area (TPSA) is 38.1 Å². The van der Waals surface area contributed by atoms with Gasteiger partial charge in [-0.3, -0.25) is 0 Å². The highest BCUT2D eigenvalue weighted by atomic mass is 79.9. The Morgan fingerprint density at radius 3 is 2.56 bits per heavy atom. The van der Waals surface area contributed by atoms with Crippen LogP contribution in [-0.4, -0.2) is 14.9 Å². The van der Waals surface area contributed by atoms with E-state index in [9.17, 15) is 0 Å². The second kappa shape index (κ2) is 4.99. The summed E-state index contributed by atoms with van der Waals surface area (Å²) in [7, 11) is 0. The highest BCUT2D eigenvalue weighted by Crippen LogP contribution is 2.17. The molecule has 16 heavy (non-hydrogen) atoms. The molecule has 0 aliphatic rings. The summed E-state index contributed by atoms with van der Waals surface area (Å²) in [5.74, 6) is 0. The molecule has 0 saturated heterocycles. The summed E-state index contributed by atoms with van der Waals surface area (Å²) in [5.41, 5.74) is 1.76. The number of rotatable bonds is 3. The van der Waals surface area contributed by atoms with E-state index in [4.69, 9.17) is 16.7 Å². The van der Waals surface area contributed by atoms with Crippen molar-refractivity contribution in [1.29, 1.82) is 0 Å². The van der Waals surface area contributed by atoms with E-state index in [2.05, 4.69) is 21.0 Å². The highest BCUT2D eigenvalue weighted by Gasteiger charge is 2.07. The molecule has 3 nitrogen and oxygen atoms in total. The number of halogens is 2. The summed E-state index contributed by atoms with van der Waals surface area (Å²) in [4.78, 5) is 0. The smallest absolute Gasteiger partial charge is 0.132 e. The Balaban J connectivity index is 2.20. The maximum absolute atomic E-state index is 8.99. The fourth-order valence-electron chi connectivity index (χ4n) is 1.39. The zero-order valence-electron chi connectivity index (χ0n) is 8.40. The van der Waals surface area contributed by atoms with Crippen molar-refractivity contribution in [3.05, 3.63) is 51.2 Å². The van der Waals surface area contributed by atoms with E-state index in [-0.39, 0.29) is 6.61 Å². The SMILES string of the molecule is OCc1cnn(Cc2ccc(Br)cc2)c1Cl. The quantitative estimate of drug-likeness (QED) is 0.946. The summed E-state index contributed by atoms with van der Waals surface area (Å²) in [5, 5.41) is 13.6. The van der Waals surface area contributed by atoms with Crippen molar-refractivity contribution in [1.82, 2.24) is 9.78 Å². The van der Waals surface area contributed by atoms with Crippen LogP contribution in [-0.2, 0) is 13.2 Å². The molecule has 5 heteroatoms. The predicted molar refractivity (Wildman–Crippen MR) is 66.4 cm³/mol. The second-order valence-corrected chi connectivity index (χ2v) is 4.68. The monoisotopic (exact) mass is 300 g/mol. The number of nitrogens with zero attached hydrogens (tertiary/aromatic N) is 2. The van der Waals surface area contributed by atoms with E-state index in [1.807, 2.05) is 24.3 Å². The van der Waals surface area contributed by atoms with Crippen LogP contribution >= 0.6 is 27.5 Å². The van der Waals surface area contributed by atoms with Gasteiger partial charge in [0.2, 0.25) is 0 Å². The first-order valence-corrected chi connectivity index (χ1v) is 5.93. The predicted octanol–water partition coefficient (Wildman–Crippen LogP) is 2.84. The number of aliphatic hydroxyl groups is 1. The normalized spacial score (nSPS) is 10.7. The lowest BCUT2D eigenvalue weighted by Gasteiger charge is -2.04. The van der Waals surface area contributed by atoms with Gasteiger partial charge >= 0.3 is 0 Å². The molecule has 0 atom stereocenters. The Kier molecular flexibility index (Phi) is 3.63.